The molecular formula is C24H32N2O5. The molecule has 1 N–H and O–H groups in total. The molecule has 1 aromatic rings. The van der Waals surface area contributed by atoms with Crippen LogP contribution >= 0.6 is 0 Å². The van der Waals surface area contributed by atoms with Crippen LogP contribution in [0.3, 0.4) is 0 Å². The second kappa shape index (κ2) is 8.43. The number of piperidine rings is 1. The van der Waals surface area contributed by atoms with Crippen LogP contribution in [-0.4, -0.2) is 66.9 Å². The van der Waals surface area contributed by atoms with Gasteiger partial charge in [0.25, 0.3) is 5.91 Å². The summed E-state index contributed by atoms with van der Waals surface area (Å²) in [6.45, 7) is 3.34. The van der Waals surface area contributed by atoms with Crippen LogP contribution in [0.2, 0.25) is 0 Å². The molecule has 4 aliphatic heterocycles. The zero-order chi connectivity index (χ0) is 21.4. The molecule has 31 heavy (non-hydrogen) atoms. The summed E-state index contributed by atoms with van der Waals surface area (Å²) in [5.41, 5.74) is 0.595. The second-order valence-corrected chi connectivity index (χ2v) is 9.45. The van der Waals surface area contributed by atoms with Gasteiger partial charge >= 0.3 is 0 Å². The van der Waals surface area contributed by atoms with E-state index in [4.69, 9.17) is 14.2 Å². The van der Waals surface area contributed by atoms with Crippen LogP contribution in [0.4, 0.5) is 0 Å². The molecule has 7 nitrogen and oxygen atoms in total. The molecule has 1 saturated carbocycles. The minimum absolute atomic E-state index is 0.0612. The van der Waals surface area contributed by atoms with Gasteiger partial charge in [-0.05, 0) is 63.0 Å². The molecule has 3 fully saturated rings. The van der Waals surface area contributed by atoms with Gasteiger partial charge in [-0.15, -0.1) is 0 Å². The first-order valence-electron chi connectivity index (χ1n) is 11.6. The molecule has 1 spiro atoms. The van der Waals surface area contributed by atoms with Gasteiger partial charge in [0.2, 0.25) is 5.91 Å². The highest BCUT2D eigenvalue weighted by atomic mass is 16.5. The Balaban J connectivity index is 1.49. The van der Waals surface area contributed by atoms with Crippen LogP contribution < -0.4 is 10.1 Å². The normalized spacial score (nSPS) is 36.4. The summed E-state index contributed by atoms with van der Waals surface area (Å²) in [5.74, 6) is 1.06. The van der Waals surface area contributed by atoms with Gasteiger partial charge in [-0.2, -0.15) is 0 Å². The van der Waals surface area contributed by atoms with Crippen molar-refractivity contribution in [2.75, 3.05) is 26.4 Å². The van der Waals surface area contributed by atoms with Crippen molar-refractivity contribution in [3.05, 3.63) is 29.8 Å². The second-order valence-electron chi connectivity index (χ2n) is 9.45. The zero-order valence-corrected chi connectivity index (χ0v) is 18.2. The van der Waals surface area contributed by atoms with Gasteiger partial charge < -0.3 is 24.4 Å². The van der Waals surface area contributed by atoms with Crippen LogP contribution in [0, 0.1) is 0 Å². The maximum atomic E-state index is 13.6. The molecule has 4 heterocycles. The average Bonchev–Trinajstić information content (AvgIpc) is 2.79. The van der Waals surface area contributed by atoms with Crippen molar-refractivity contribution >= 4 is 11.8 Å². The number of benzene rings is 1. The van der Waals surface area contributed by atoms with E-state index in [1.165, 1.54) is 5.56 Å². The SMILES string of the molecule is CC1Oc2ccccc2[C@H]2CC[C@H](CC2)OC[C@H]2N(CCC[C@]23COCC(=O)N3)C1=O. The van der Waals surface area contributed by atoms with E-state index in [-0.39, 0.29) is 30.6 Å². The Morgan fingerprint density at radius 3 is 2.74 bits per heavy atom. The molecule has 6 rings (SSSR count). The third-order valence-electron chi connectivity index (χ3n) is 7.47. The highest BCUT2D eigenvalue weighted by molar-refractivity contribution is 5.82. The van der Waals surface area contributed by atoms with Gasteiger partial charge in [0, 0.05) is 6.54 Å². The summed E-state index contributed by atoms with van der Waals surface area (Å²) < 4.78 is 18.3. The number of para-hydroxylation sites is 1. The molecule has 2 bridgehead atoms. The van der Waals surface area contributed by atoms with E-state index in [0.717, 1.165) is 44.3 Å². The van der Waals surface area contributed by atoms with E-state index in [1.54, 1.807) is 0 Å². The van der Waals surface area contributed by atoms with Crippen molar-refractivity contribution in [2.45, 2.75) is 75.2 Å². The van der Waals surface area contributed by atoms with Crippen molar-refractivity contribution in [2.24, 2.45) is 0 Å². The summed E-state index contributed by atoms with van der Waals surface area (Å²) >= 11 is 0. The zero-order valence-electron chi connectivity index (χ0n) is 18.2. The standard InChI is InChI=1S/C24H32N2O5/c1-16-23(28)26-12-4-11-24(15-29-14-22(27)25-24)21(26)13-30-18-9-7-17(8-10-18)19-5-2-3-6-20(19)31-16/h2-3,5-6,16-18,21H,4,7-15H2,1H3,(H,25,27)/t16?,17-,18+,21-,24+/m1/s1. The number of hydrogen-bond donors (Lipinski definition) is 1. The van der Waals surface area contributed by atoms with Crippen LogP contribution in [0.25, 0.3) is 0 Å². The maximum Gasteiger partial charge on any atom is 0.263 e. The Hall–Kier alpha value is -2.12. The first-order chi connectivity index (χ1) is 15.1. The van der Waals surface area contributed by atoms with Gasteiger partial charge in [0.05, 0.1) is 30.9 Å². The van der Waals surface area contributed by atoms with Crippen molar-refractivity contribution < 1.29 is 23.8 Å². The lowest BCUT2D eigenvalue weighted by Crippen LogP contribution is -2.72. The van der Waals surface area contributed by atoms with E-state index in [2.05, 4.69) is 11.4 Å². The number of morpholine rings is 1. The number of fused-ring (bicyclic) bond motifs is 5. The fourth-order valence-electron chi connectivity index (χ4n) is 5.86. The number of ether oxygens (including phenoxy) is 3. The molecule has 1 aromatic carbocycles. The molecule has 1 unspecified atom stereocenters. The molecule has 168 valence electrons. The van der Waals surface area contributed by atoms with Crippen LogP contribution in [-0.2, 0) is 19.1 Å². The average molecular weight is 429 g/mol. The van der Waals surface area contributed by atoms with Crippen molar-refractivity contribution in [1.29, 1.82) is 0 Å². The van der Waals surface area contributed by atoms with Gasteiger partial charge in [0.15, 0.2) is 6.10 Å². The van der Waals surface area contributed by atoms with E-state index >= 15 is 0 Å². The molecule has 3 atom stereocenters. The number of rotatable bonds is 0. The first-order valence-corrected chi connectivity index (χ1v) is 11.6. The Labute approximate surface area is 183 Å². The fraction of sp³-hybridized carbons (Fsp3) is 0.667. The van der Waals surface area contributed by atoms with Crippen LogP contribution in [0.1, 0.15) is 56.9 Å². The van der Waals surface area contributed by atoms with E-state index in [9.17, 15) is 9.59 Å². The minimum Gasteiger partial charge on any atom is -0.481 e. The third kappa shape index (κ3) is 3.94. The maximum absolute atomic E-state index is 13.6. The predicted molar refractivity (Wildman–Crippen MR) is 114 cm³/mol. The lowest BCUT2D eigenvalue weighted by atomic mass is 9.80. The summed E-state index contributed by atoms with van der Waals surface area (Å²) in [6.07, 6.45) is 5.23. The molecule has 5 aliphatic rings. The predicted octanol–water partition coefficient (Wildman–Crippen LogP) is 2.39. The number of nitrogens with one attached hydrogen (secondary N) is 1. The van der Waals surface area contributed by atoms with E-state index < -0.39 is 11.6 Å². The van der Waals surface area contributed by atoms with Crippen molar-refractivity contribution in [1.82, 2.24) is 10.2 Å². The van der Waals surface area contributed by atoms with Crippen molar-refractivity contribution in [3.63, 3.8) is 0 Å². The Morgan fingerprint density at radius 1 is 1.13 bits per heavy atom. The monoisotopic (exact) mass is 428 g/mol. The van der Waals surface area contributed by atoms with Gasteiger partial charge in [-0.1, -0.05) is 18.2 Å². The molecule has 0 aromatic heterocycles. The largest absolute Gasteiger partial charge is 0.481 e. The van der Waals surface area contributed by atoms with Crippen LogP contribution in [0.5, 0.6) is 5.75 Å². The van der Waals surface area contributed by atoms with E-state index in [0.29, 0.717) is 25.7 Å². The molecule has 0 radical (unpaired) electrons. The summed E-state index contributed by atoms with van der Waals surface area (Å²) in [7, 11) is 0. The molecule has 2 saturated heterocycles. The number of carbonyl (C=O) groups is 2. The summed E-state index contributed by atoms with van der Waals surface area (Å²) in [4.78, 5) is 27.7. The molecular weight excluding hydrogens is 396 g/mol. The topological polar surface area (TPSA) is 77.1 Å². The van der Waals surface area contributed by atoms with Crippen molar-refractivity contribution in [3.8, 4) is 5.75 Å². The molecule has 2 amide bonds. The number of amides is 2. The third-order valence-corrected chi connectivity index (χ3v) is 7.47. The van der Waals surface area contributed by atoms with Crippen LogP contribution in [0.15, 0.2) is 24.3 Å². The Kier molecular flexibility index (Phi) is 5.65. The Bertz CT molecular complexity index is 833. The van der Waals surface area contributed by atoms with Gasteiger partial charge in [-0.3, -0.25) is 9.59 Å². The quantitative estimate of drug-likeness (QED) is 0.687. The summed E-state index contributed by atoms with van der Waals surface area (Å²) in [6, 6.07) is 7.86. The lowest BCUT2D eigenvalue weighted by molar-refractivity contribution is -0.159. The first kappa shape index (κ1) is 20.8. The summed E-state index contributed by atoms with van der Waals surface area (Å²) in [5, 5.41) is 3.17. The molecule has 1 aliphatic carbocycles. The van der Waals surface area contributed by atoms with Gasteiger partial charge in [-0.25, -0.2) is 0 Å². The number of nitrogens with zero attached hydrogens (tertiary/aromatic N) is 1. The lowest BCUT2D eigenvalue weighted by Gasteiger charge is -2.52. The number of carbonyl (C=O) groups excluding carboxylic acids is 2. The van der Waals surface area contributed by atoms with E-state index in [1.807, 2.05) is 30.0 Å². The highest BCUT2D eigenvalue weighted by Gasteiger charge is 2.50. The number of hydrogen-bond acceptors (Lipinski definition) is 5. The highest BCUT2D eigenvalue weighted by Crippen LogP contribution is 2.40. The molecule has 7 heteroatoms. The fourth-order valence-corrected chi connectivity index (χ4v) is 5.86. The van der Waals surface area contributed by atoms with Gasteiger partial charge in [0.1, 0.15) is 12.4 Å². The smallest absolute Gasteiger partial charge is 0.263 e. The minimum atomic E-state index is -0.614. The Morgan fingerprint density at radius 2 is 1.94 bits per heavy atom.